The number of ketones is 1. The van der Waals surface area contributed by atoms with Gasteiger partial charge in [-0.05, 0) is 63.1 Å². The lowest BCUT2D eigenvalue weighted by atomic mass is 9.82. The van der Waals surface area contributed by atoms with Crippen molar-refractivity contribution in [2.75, 3.05) is 0 Å². The average molecular weight is 496 g/mol. The zero-order valence-corrected chi connectivity index (χ0v) is 19.8. The van der Waals surface area contributed by atoms with E-state index in [1.54, 1.807) is 0 Å². The van der Waals surface area contributed by atoms with Crippen molar-refractivity contribution in [3.8, 4) is 0 Å². The van der Waals surface area contributed by atoms with Gasteiger partial charge >= 0.3 is 0 Å². The van der Waals surface area contributed by atoms with Crippen molar-refractivity contribution in [2.24, 2.45) is 11.8 Å². The third-order valence-electron chi connectivity index (χ3n) is 6.42. The summed E-state index contributed by atoms with van der Waals surface area (Å²) in [4.78, 5) is 64.1. The first kappa shape index (κ1) is 24.3. The predicted molar refractivity (Wildman–Crippen MR) is 126 cm³/mol. The van der Waals surface area contributed by atoms with Gasteiger partial charge in [-0.25, -0.2) is 5.01 Å². The molecule has 1 aliphatic carbocycles. The normalized spacial score (nSPS) is 20.2. The van der Waals surface area contributed by atoms with Crippen molar-refractivity contribution in [1.29, 1.82) is 0 Å². The zero-order valence-electron chi connectivity index (χ0n) is 19.0. The van der Waals surface area contributed by atoms with Crippen LogP contribution in [0.2, 0.25) is 5.02 Å². The Morgan fingerprint density at radius 2 is 1.60 bits per heavy atom. The number of carbonyl (C=O) groups excluding carboxylic acids is 4. The molecule has 2 aromatic carbocycles. The number of non-ortho nitro benzene ring substituents is 1. The number of benzene rings is 2. The highest BCUT2D eigenvalue weighted by molar-refractivity contribution is 6.30. The van der Waals surface area contributed by atoms with Crippen molar-refractivity contribution >= 4 is 40.8 Å². The number of hydrogen-bond donors (Lipinski definition) is 0. The van der Waals surface area contributed by atoms with Crippen LogP contribution >= 0.6 is 11.6 Å². The molecule has 35 heavy (non-hydrogen) atoms. The van der Waals surface area contributed by atoms with Crippen LogP contribution in [0.4, 0.5) is 5.69 Å². The van der Waals surface area contributed by atoms with Gasteiger partial charge in [-0.1, -0.05) is 23.3 Å². The lowest BCUT2D eigenvalue weighted by Crippen LogP contribution is -2.56. The van der Waals surface area contributed by atoms with Crippen LogP contribution < -0.4 is 0 Å². The van der Waals surface area contributed by atoms with Gasteiger partial charge in [-0.15, -0.1) is 0 Å². The molecule has 0 radical (unpaired) electrons. The Labute approximate surface area is 206 Å². The maximum Gasteiger partial charge on any atom is 0.273 e. The quantitative estimate of drug-likeness (QED) is 0.195. The number of hydrazine groups is 1. The molecule has 3 atom stereocenters. The summed E-state index contributed by atoms with van der Waals surface area (Å²) in [5.41, 5.74) is 1.00. The molecule has 0 spiro atoms. The van der Waals surface area contributed by atoms with Gasteiger partial charge in [0.25, 0.3) is 23.4 Å². The van der Waals surface area contributed by atoms with Gasteiger partial charge in [-0.3, -0.25) is 29.3 Å². The first-order chi connectivity index (χ1) is 16.6. The molecule has 0 N–H and O–H groups in total. The van der Waals surface area contributed by atoms with Crippen molar-refractivity contribution in [3.63, 3.8) is 0 Å². The second-order valence-electron chi connectivity index (χ2n) is 8.69. The number of rotatable bonds is 6. The maximum absolute atomic E-state index is 13.6. The van der Waals surface area contributed by atoms with Gasteiger partial charge < -0.3 is 0 Å². The van der Waals surface area contributed by atoms with Gasteiger partial charge in [0.1, 0.15) is 6.04 Å². The minimum Gasteiger partial charge on any atom is -0.292 e. The first-order valence-electron chi connectivity index (χ1n) is 11.0. The Balaban J connectivity index is 1.74. The number of nitro groups is 1. The highest BCUT2D eigenvalue weighted by atomic mass is 35.5. The number of hydrogen-bond acceptors (Lipinski definition) is 6. The van der Waals surface area contributed by atoms with Crippen LogP contribution in [0.15, 0.2) is 60.2 Å². The molecular weight excluding hydrogens is 474 g/mol. The molecule has 2 aliphatic rings. The molecule has 0 bridgehead atoms. The number of carbonyl (C=O) groups is 4. The maximum atomic E-state index is 13.6. The first-order valence-corrected chi connectivity index (χ1v) is 11.4. The van der Waals surface area contributed by atoms with E-state index < -0.39 is 46.3 Å². The Morgan fingerprint density at radius 3 is 2.20 bits per heavy atom. The summed E-state index contributed by atoms with van der Waals surface area (Å²) < 4.78 is 0. The average Bonchev–Trinajstić information content (AvgIpc) is 3.08. The monoisotopic (exact) mass is 495 g/mol. The second-order valence-corrected chi connectivity index (χ2v) is 9.13. The summed E-state index contributed by atoms with van der Waals surface area (Å²) in [6, 6.07) is 9.59. The number of nitro benzene ring substituents is 1. The van der Waals surface area contributed by atoms with Crippen LogP contribution in [-0.4, -0.2) is 44.5 Å². The molecule has 0 unspecified atom stereocenters. The van der Waals surface area contributed by atoms with Gasteiger partial charge in [-0.2, -0.15) is 5.01 Å². The van der Waals surface area contributed by atoms with Gasteiger partial charge in [0, 0.05) is 28.3 Å². The van der Waals surface area contributed by atoms with E-state index >= 15 is 0 Å². The summed E-state index contributed by atoms with van der Waals surface area (Å²) in [5, 5.41) is 13.1. The number of nitrogens with zero attached hydrogens (tertiary/aromatic N) is 3. The van der Waals surface area contributed by atoms with Crippen LogP contribution in [0.25, 0.3) is 0 Å². The summed E-state index contributed by atoms with van der Waals surface area (Å²) >= 11 is 5.92. The summed E-state index contributed by atoms with van der Waals surface area (Å²) in [6.07, 6.45) is 2.67. The number of amides is 3. The van der Waals surface area contributed by atoms with E-state index in [1.807, 2.05) is 13.0 Å². The van der Waals surface area contributed by atoms with E-state index in [4.69, 9.17) is 11.6 Å². The van der Waals surface area contributed by atoms with Crippen LogP contribution in [0.1, 0.15) is 47.4 Å². The predicted octanol–water partition coefficient (Wildman–Crippen LogP) is 4.22. The number of halogens is 1. The molecule has 0 saturated carbocycles. The van der Waals surface area contributed by atoms with Crippen LogP contribution in [0.3, 0.4) is 0 Å². The van der Waals surface area contributed by atoms with Crippen molar-refractivity contribution in [3.05, 3.63) is 86.4 Å². The summed E-state index contributed by atoms with van der Waals surface area (Å²) in [6.45, 7) is 3.31. The lowest BCUT2D eigenvalue weighted by Gasteiger charge is -2.34. The molecule has 0 aromatic heterocycles. The molecular formula is C25H22ClN3O6. The van der Waals surface area contributed by atoms with Crippen LogP contribution in [0.5, 0.6) is 0 Å². The fourth-order valence-corrected chi connectivity index (χ4v) is 4.62. The van der Waals surface area contributed by atoms with E-state index in [0.717, 1.165) is 27.7 Å². The standard InChI is InChI=1S/C25H22ClN3O6/c1-14-3-12-20-21(13-14)25(33)28(24(20)32)27(15(2)22(30)16-4-8-18(26)9-5-16)23(31)17-6-10-19(11-7-17)29(34)35/h3-11,15,20-21H,12-13H2,1-2H3/t15-,20+,21+/m1/s1. The molecule has 9 nitrogen and oxygen atoms in total. The van der Waals surface area contributed by atoms with E-state index in [1.165, 1.54) is 43.3 Å². The highest BCUT2D eigenvalue weighted by Crippen LogP contribution is 2.39. The minimum absolute atomic E-state index is 0.00358. The van der Waals surface area contributed by atoms with Crippen LogP contribution in [0, 0.1) is 22.0 Å². The number of allylic oxidation sites excluding steroid dienone is 2. The summed E-state index contributed by atoms with van der Waals surface area (Å²) in [7, 11) is 0. The van der Waals surface area contributed by atoms with Gasteiger partial charge in [0.2, 0.25) is 0 Å². The van der Waals surface area contributed by atoms with E-state index in [9.17, 15) is 29.3 Å². The number of imide groups is 1. The molecule has 2 aromatic rings. The zero-order chi connectivity index (χ0) is 25.4. The molecule has 1 heterocycles. The number of fused-ring (bicyclic) bond motifs is 1. The van der Waals surface area contributed by atoms with Crippen molar-refractivity contribution < 1.29 is 24.1 Å². The minimum atomic E-state index is -1.22. The molecule has 1 fully saturated rings. The molecule has 1 saturated heterocycles. The van der Waals surface area contributed by atoms with E-state index in [2.05, 4.69) is 0 Å². The Bertz CT molecular complexity index is 1250. The molecule has 180 valence electrons. The van der Waals surface area contributed by atoms with E-state index in [0.29, 0.717) is 17.9 Å². The molecule has 4 rings (SSSR count). The summed E-state index contributed by atoms with van der Waals surface area (Å²) in [5.74, 6) is -3.61. The Kier molecular flexibility index (Phi) is 6.53. The highest BCUT2D eigenvalue weighted by Gasteiger charge is 2.53. The Hall–Kier alpha value is -3.85. The largest absolute Gasteiger partial charge is 0.292 e. The third-order valence-corrected chi connectivity index (χ3v) is 6.68. The molecule has 1 aliphatic heterocycles. The molecule has 10 heteroatoms. The van der Waals surface area contributed by atoms with Crippen molar-refractivity contribution in [1.82, 2.24) is 10.0 Å². The smallest absolute Gasteiger partial charge is 0.273 e. The van der Waals surface area contributed by atoms with Crippen molar-refractivity contribution in [2.45, 2.75) is 32.7 Å². The third kappa shape index (κ3) is 4.46. The molecule has 3 amide bonds. The number of Topliss-reactive ketones (excluding diaryl/α,β-unsaturated/α-hetero) is 1. The fraction of sp³-hybridized carbons (Fsp3) is 0.280. The Morgan fingerprint density at radius 1 is 1.03 bits per heavy atom. The fourth-order valence-electron chi connectivity index (χ4n) is 4.50. The SMILES string of the molecule is CC1=CC[C@@H]2C(=O)N(N(C(=O)c3ccc([N+](=O)[O-])cc3)[C@H](C)C(=O)c3ccc(Cl)cc3)C(=O)[C@H]2C1. The lowest BCUT2D eigenvalue weighted by molar-refractivity contribution is -0.384. The topological polar surface area (TPSA) is 118 Å². The van der Waals surface area contributed by atoms with E-state index in [-0.39, 0.29) is 16.8 Å². The van der Waals surface area contributed by atoms with Gasteiger partial charge in [0.05, 0.1) is 16.8 Å². The second kappa shape index (κ2) is 9.42. The van der Waals surface area contributed by atoms with Crippen LogP contribution in [-0.2, 0) is 9.59 Å². The van der Waals surface area contributed by atoms with Gasteiger partial charge in [0.15, 0.2) is 5.78 Å².